The van der Waals surface area contributed by atoms with Crippen molar-refractivity contribution in [3.63, 3.8) is 0 Å². The van der Waals surface area contributed by atoms with Crippen LogP contribution in [0.3, 0.4) is 0 Å². The second kappa shape index (κ2) is 7.11. The predicted octanol–water partition coefficient (Wildman–Crippen LogP) is 4.09. The summed E-state index contributed by atoms with van der Waals surface area (Å²) in [5.41, 5.74) is 1.75. The Hall–Kier alpha value is -1.80. The third kappa shape index (κ3) is 3.84. The first-order valence-corrected chi connectivity index (χ1v) is 7.17. The van der Waals surface area contributed by atoms with Crippen molar-refractivity contribution in [2.75, 3.05) is 0 Å². The van der Waals surface area contributed by atoms with E-state index in [0.29, 0.717) is 10.6 Å². The van der Waals surface area contributed by atoms with Gasteiger partial charge in [-0.05, 0) is 30.5 Å². The van der Waals surface area contributed by atoms with Gasteiger partial charge in [-0.1, -0.05) is 61.0 Å². The van der Waals surface area contributed by atoms with Crippen molar-refractivity contribution < 1.29 is 4.79 Å². The van der Waals surface area contributed by atoms with Gasteiger partial charge in [0, 0.05) is 6.04 Å². The van der Waals surface area contributed by atoms with Gasteiger partial charge in [0.15, 0.2) is 0 Å². The molecule has 104 valence electrons. The summed E-state index contributed by atoms with van der Waals surface area (Å²) in [6.07, 6.45) is 1.71. The lowest BCUT2D eigenvalue weighted by atomic mass is 10.0. The van der Waals surface area contributed by atoms with Crippen molar-refractivity contribution in [2.24, 2.45) is 0 Å². The molecule has 0 aliphatic carbocycles. The van der Waals surface area contributed by atoms with Crippen LogP contribution in [0.25, 0.3) is 0 Å². The van der Waals surface area contributed by atoms with Crippen LogP contribution in [0, 0.1) is 0 Å². The smallest absolute Gasteiger partial charge is 0.253 e. The van der Waals surface area contributed by atoms with Crippen LogP contribution in [0.1, 0.15) is 29.3 Å². The minimum Gasteiger partial charge on any atom is -0.349 e. The second-order valence-corrected chi connectivity index (χ2v) is 5.16. The average Bonchev–Trinajstić information content (AvgIpc) is 2.48. The van der Waals surface area contributed by atoms with Crippen LogP contribution < -0.4 is 5.32 Å². The Balaban J connectivity index is 2.03. The third-order valence-electron chi connectivity index (χ3n) is 3.27. The van der Waals surface area contributed by atoms with Gasteiger partial charge < -0.3 is 5.32 Å². The largest absolute Gasteiger partial charge is 0.349 e. The molecule has 2 aromatic rings. The summed E-state index contributed by atoms with van der Waals surface area (Å²) >= 11 is 6.05. The first-order valence-electron chi connectivity index (χ1n) is 6.80. The topological polar surface area (TPSA) is 29.1 Å². The Labute approximate surface area is 124 Å². The molecule has 2 aromatic carbocycles. The highest BCUT2D eigenvalue weighted by atomic mass is 35.5. The molecule has 0 aliphatic rings. The quantitative estimate of drug-likeness (QED) is 0.882. The van der Waals surface area contributed by atoms with Crippen LogP contribution in [0.4, 0.5) is 0 Å². The molecule has 1 amide bonds. The van der Waals surface area contributed by atoms with Crippen LogP contribution in [-0.2, 0) is 6.42 Å². The fraction of sp³-hybridized carbons (Fsp3) is 0.235. The van der Waals surface area contributed by atoms with Gasteiger partial charge in [0.1, 0.15) is 0 Å². The molecule has 0 heterocycles. The summed E-state index contributed by atoms with van der Waals surface area (Å²) in [5.74, 6) is -0.113. The van der Waals surface area contributed by atoms with Gasteiger partial charge in [-0.3, -0.25) is 4.79 Å². The van der Waals surface area contributed by atoms with E-state index in [2.05, 4.69) is 24.4 Å². The van der Waals surface area contributed by atoms with Crippen LogP contribution >= 0.6 is 11.6 Å². The molecule has 0 spiro atoms. The highest BCUT2D eigenvalue weighted by molar-refractivity contribution is 6.33. The molecule has 3 heteroatoms. The molecule has 20 heavy (non-hydrogen) atoms. The predicted molar refractivity (Wildman–Crippen MR) is 83.1 cm³/mol. The molecule has 1 atom stereocenters. The van der Waals surface area contributed by atoms with Gasteiger partial charge >= 0.3 is 0 Å². The average molecular weight is 288 g/mol. The maximum Gasteiger partial charge on any atom is 0.253 e. The molecular weight excluding hydrogens is 270 g/mol. The lowest BCUT2D eigenvalue weighted by Gasteiger charge is -2.17. The Morgan fingerprint density at radius 3 is 2.40 bits per heavy atom. The normalized spacial score (nSPS) is 11.9. The van der Waals surface area contributed by atoms with E-state index in [1.54, 1.807) is 12.1 Å². The number of benzene rings is 2. The van der Waals surface area contributed by atoms with E-state index >= 15 is 0 Å². The number of carbonyl (C=O) groups excluding carboxylic acids is 1. The molecule has 0 aromatic heterocycles. The fourth-order valence-electron chi connectivity index (χ4n) is 2.10. The molecule has 2 nitrogen and oxygen atoms in total. The zero-order valence-electron chi connectivity index (χ0n) is 11.5. The summed E-state index contributed by atoms with van der Waals surface area (Å²) in [4.78, 5) is 12.2. The van der Waals surface area contributed by atoms with E-state index in [9.17, 15) is 4.79 Å². The lowest BCUT2D eigenvalue weighted by Crippen LogP contribution is -2.36. The minimum absolute atomic E-state index is 0.112. The van der Waals surface area contributed by atoms with Crippen LogP contribution in [0.2, 0.25) is 5.02 Å². The van der Waals surface area contributed by atoms with E-state index in [-0.39, 0.29) is 11.9 Å². The molecule has 1 unspecified atom stereocenters. The van der Waals surface area contributed by atoms with Gasteiger partial charge in [-0.2, -0.15) is 0 Å². The SMILES string of the molecule is CCC(Cc1ccccc1)NC(=O)c1ccccc1Cl. The Bertz CT molecular complexity index is 568. The van der Waals surface area contributed by atoms with Crippen LogP contribution in [-0.4, -0.2) is 11.9 Å². The maximum absolute atomic E-state index is 12.2. The van der Waals surface area contributed by atoms with Crippen molar-refractivity contribution in [1.29, 1.82) is 0 Å². The standard InChI is InChI=1S/C17H18ClNO/c1-2-14(12-13-8-4-3-5-9-13)19-17(20)15-10-6-7-11-16(15)18/h3-11,14H,2,12H2,1H3,(H,19,20). The van der Waals surface area contributed by atoms with Crippen LogP contribution in [0.15, 0.2) is 54.6 Å². The highest BCUT2D eigenvalue weighted by Crippen LogP contribution is 2.15. The Morgan fingerprint density at radius 1 is 1.10 bits per heavy atom. The summed E-state index contributed by atoms with van der Waals surface area (Å²) in [7, 11) is 0. The fourth-order valence-corrected chi connectivity index (χ4v) is 2.33. The van der Waals surface area contributed by atoms with E-state index in [4.69, 9.17) is 11.6 Å². The molecule has 0 saturated heterocycles. The highest BCUT2D eigenvalue weighted by Gasteiger charge is 2.14. The molecule has 1 N–H and O–H groups in total. The molecular formula is C17H18ClNO. The first kappa shape index (κ1) is 14.6. The van der Waals surface area contributed by atoms with Gasteiger partial charge in [0.25, 0.3) is 5.91 Å². The van der Waals surface area contributed by atoms with E-state index < -0.39 is 0 Å². The Kier molecular flexibility index (Phi) is 5.19. The molecule has 2 rings (SSSR count). The number of hydrogen-bond donors (Lipinski definition) is 1. The monoisotopic (exact) mass is 287 g/mol. The number of amides is 1. The van der Waals surface area contributed by atoms with Crippen molar-refractivity contribution in [1.82, 2.24) is 5.32 Å². The van der Waals surface area contributed by atoms with Crippen molar-refractivity contribution in [3.05, 3.63) is 70.7 Å². The van der Waals surface area contributed by atoms with Gasteiger partial charge in [-0.15, -0.1) is 0 Å². The van der Waals surface area contributed by atoms with E-state index in [0.717, 1.165) is 12.8 Å². The Morgan fingerprint density at radius 2 is 1.75 bits per heavy atom. The second-order valence-electron chi connectivity index (χ2n) is 4.75. The summed E-state index contributed by atoms with van der Waals surface area (Å²) in [6.45, 7) is 2.07. The summed E-state index contributed by atoms with van der Waals surface area (Å²) < 4.78 is 0. The zero-order chi connectivity index (χ0) is 14.4. The van der Waals surface area contributed by atoms with Gasteiger partial charge in [0.2, 0.25) is 0 Å². The first-order chi connectivity index (χ1) is 9.70. The van der Waals surface area contributed by atoms with E-state index in [1.165, 1.54) is 5.56 Å². The molecule has 0 radical (unpaired) electrons. The number of hydrogen-bond acceptors (Lipinski definition) is 1. The summed E-state index contributed by atoms with van der Waals surface area (Å²) in [5, 5.41) is 3.53. The van der Waals surface area contributed by atoms with Gasteiger partial charge in [0.05, 0.1) is 10.6 Å². The number of halogens is 1. The van der Waals surface area contributed by atoms with Crippen molar-refractivity contribution in [3.8, 4) is 0 Å². The lowest BCUT2D eigenvalue weighted by molar-refractivity contribution is 0.0936. The number of rotatable bonds is 5. The zero-order valence-corrected chi connectivity index (χ0v) is 12.2. The number of nitrogens with one attached hydrogen (secondary N) is 1. The van der Waals surface area contributed by atoms with Crippen molar-refractivity contribution >= 4 is 17.5 Å². The molecule has 0 bridgehead atoms. The maximum atomic E-state index is 12.2. The molecule has 0 fully saturated rings. The molecule has 0 saturated carbocycles. The van der Waals surface area contributed by atoms with Crippen LogP contribution in [0.5, 0.6) is 0 Å². The summed E-state index contributed by atoms with van der Waals surface area (Å²) in [6, 6.07) is 17.4. The van der Waals surface area contributed by atoms with Gasteiger partial charge in [-0.25, -0.2) is 0 Å². The third-order valence-corrected chi connectivity index (χ3v) is 3.60. The van der Waals surface area contributed by atoms with Crippen molar-refractivity contribution in [2.45, 2.75) is 25.8 Å². The number of carbonyl (C=O) groups is 1. The van der Waals surface area contributed by atoms with E-state index in [1.807, 2.05) is 30.3 Å². The molecule has 0 aliphatic heterocycles. The minimum atomic E-state index is -0.113.